The molecule has 0 saturated carbocycles. The van der Waals surface area contributed by atoms with E-state index in [-0.39, 0.29) is 16.9 Å². The summed E-state index contributed by atoms with van der Waals surface area (Å²) in [6.07, 6.45) is 3.36. The van der Waals surface area contributed by atoms with Gasteiger partial charge in [-0.15, -0.1) is 0 Å². The normalized spacial score (nSPS) is 10.6. The third-order valence-electron chi connectivity index (χ3n) is 3.40. The summed E-state index contributed by atoms with van der Waals surface area (Å²) in [4.78, 5) is 11.5. The van der Waals surface area contributed by atoms with Crippen molar-refractivity contribution in [2.75, 3.05) is 5.32 Å². The number of nitrogens with one attached hydrogen (secondary N) is 1. The molecule has 0 radical (unpaired) electrons. The predicted octanol–water partition coefficient (Wildman–Crippen LogP) is 5.32. The van der Waals surface area contributed by atoms with Gasteiger partial charge in [-0.2, -0.15) is 0 Å². The zero-order chi connectivity index (χ0) is 17.3. The van der Waals surface area contributed by atoms with Gasteiger partial charge in [0.15, 0.2) is 0 Å². The number of hydrogen-bond donors (Lipinski definition) is 2. The van der Waals surface area contributed by atoms with Crippen molar-refractivity contribution in [2.24, 2.45) is 0 Å². The Morgan fingerprint density at radius 3 is 2.50 bits per heavy atom. The van der Waals surface area contributed by atoms with Gasteiger partial charge in [-0.3, -0.25) is 0 Å². The molecule has 2 N–H and O–H groups in total. The van der Waals surface area contributed by atoms with Crippen LogP contribution < -0.4 is 5.32 Å². The van der Waals surface area contributed by atoms with Crippen LogP contribution in [0.25, 0.3) is 5.69 Å². The first-order chi connectivity index (χ1) is 11.5. The summed E-state index contributed by atoms with van der Waals surface area (Å²) in [5, 5.41) is 12.8. The van der Waals surface area contributed by atoms with E-state index in [0.29, 0.717) is 10.7 Å². The Morgan fingerprint density at radius 1 is 1.17 bits per heavy atom. The lowest BCUT2D eigenvalue weighted by Crippen LogP contribution is -2.07. The van der Waals surface area contributed by atoms with Gasteiger partial charge < -0.3 is 15.0 Å². The molecule has 0 amide bonds. The van der Waals surface area contributed by atoms with E-state index >= 15 is 0 Å². The van der Waals surface area contributed by atoms with Gasteiger partial charge in [0, 0.05) is 16.0 Å². The Balaban J connectivity index is 2.10. The van der Waals surface area contributed by atoms with Crippen molar-refractivity contribution in [1.82, 2.24) is 4.57 Å². The fourth-order valence-corrected chi connectivity index (χ4v) is 3.17. The van der Waals surface area contributed by atoms with E-state index in [2.05, 4.69) is 27.9 Å². The van der Waals surface area contributed by atoms with Crippen molar-refractivity contribution in [3.8, 4) is 5.69 Å². The minimum Gasteiger partial charge on any atom is -0.478 e. The molecule has 0 spiro atoms. The van der Waals surface area contributed by atoms with Crippen molar-refractivity contribution in [1.29, 1.82) is 0 Å². The minimum atomic E-state index is -1.22. The second-order valence-corrected chi connectivity index (χ2v) is 6.65. The second-order valence-electron chi connectivity index (χ2n) is 4.99. The standard InChI is InChI=1S/C17H11ClFIN2O2/c18-12-7-10(20)3-4-14(12)21-15-9-16(22-5-1-2-6-22)13(19)8-11(15)17(23)24/h1-9,21H,(H,23,24). The molecule has 0 aliphatic rings. The summed E-state index contributed by atoms with van der Waals surface area (Å²) in [5.74, 6) is -1.85. The summed E-state index contributed by atoms with van der Waals surface area (Å²) in [6, 6.07) is 11.3. The molecule has 0 saturated heterocycles. The molecule has 7 heteroatoms. The van der Waals surface area contributed by atoms with Gasteiger partial charge in [-0.25, -0.2) is 9.18 Å². The van der Waals surface area contributed by atoms with E-state index < -0.39 is 11.8 Å². The number of carboxylic acids is 1. The van der Waals surface area contributed by atoms with Gasteiger partial charge in [0.05, 0.1) is 27.6 Å². The molecule has 122 valence electrons. The number of aromatic carboxylic acids is 1. The first kappa shape index (κ1) is 16.8. The number of aromatic nitrogens is 1. The average Bonchev–Trinajstić information content (AvgIpc) is 3.05. The van der Waals surface area contributed by atoms with E-state index in [9.17, 15) is 14.3 Å². The van der Waals surface area contributed by atoms with Crippen LogP contribution in [0, 0.1) is 9.39 Å². The molecule has 2 aromatic carbocycles. The lowest BCUT2D eigenvalue weighted by atomic mass is 10.1. The van der Waals surface area contributed by atoms with Crippen LogP contribution in [0.5, 0.6) is 0 Å². The maximum Gasteiger partial charge on any atom is 0.337 e. The molecule has 24 heavy (non-hydrogen) atoms. The maximum absolute atomic E-state index is 14.3. The number of anilines is 2. The lowest BCUT2D eigenvalue weighted by Gasteiger charge is -2.14. The Labute approximate surface area is 156 Å². The molecule has 0 bridgehead atoms. The third-order valence-corrected chi connectivity index (χ3v) is 4.38. The third kappa shape index (κ3) is 3.39. The number of carboxylic acid groups (broad SMARTS) is 1. The number of carbonyl (C=O) groups is 1. The molecule has 1 heterocycles. The summed E-state index contributed by atoms with van der Waals surface area (Å²) in [5.41, 5.74) is 0.882. The Kier molecular flexibility index (Phi) is 4.77. The van der Waals surface area contributed by atoms with Crippen LogP contribution in [-0.4, -0.2) is 15.6 Å². The van der Waals surface area contributed by atoms with E-state index in [1.807, 2.05) is 6.07 Å². The first-order valence-electron chi connectivity index (χ1n) is 6.88. The van der Waals surface area contributed by atoms with Crippen LogP contribution in [0.15, 0.2) is 54.9 Å². The van der Waals surface area contributed by atoms with Crippen molar-refractivity contribution in [3.63, 3.8) is 0 Å². The van der Waals surface area contributed by atoms with E-state index in [1.54, 1.807) is 41.2 Å². The molecular weight excluding hydrogens is 446 g/mol. The fraction of sp³-hybridized carbons (Fsp3) is 0. The highest BCUT2D eigenvalue weighted by molar-refractivity contribution is 14.1. The highest BCUT2D eigenvalue weighted by Gasteiger charge is 2.17. The van der Waals surface area contributed by atoms with Gasteiger partial charge in [0.2, 0.25) is 0 Å². The van der Waals surface area contributed by atoms with Crippen LogP contribution in [0.3, 0.4) is 0 Å². The monoisotopic (exact) mass is 456 g/mol. The van der Waals surface area contributed by atoms with Gasteiger partial charge in [0.25, 0.3) is 0 Å². The zero-order valence-corrected chi connectivity index (χ0v) is 15.0. The predicted molar refractivity (Wildman–Crippen MR) is 100 cm³/mol. The summed E-state index contributed by atoms with van der Waals surface area (Å²) in [6.45, 7) is 0. The maximum atomic E-state index is 14.3. The van der Waals surface area contributed by atoms with Gasteiger partial charge in [0.1, 0.15) is 5.82 Å². The van der Waals surface area contributed by atoms with Gasteiger partial charge in [-0.05, 0) is 65.1 Å². The van der Waals surface area contributed by atoms with Crippen molar-refractivity contribution < 1.29 is 14.3 Å². The number of rotatable bonds is 4. The van der Waals surface area contributed by atoms with Gasteiger partial charge in [-0.1, -0.05) is 11.6 Å². The molecule has 4 nitrogen and oxygen atoms in total. The zero-order valence-electron chi connectivity index (χ0n) is 12.1. The fourth-order valence-electron chi connectivity index (χ4n) is 2.27. The Hall–Kier alpha value is -2.06. The molecule has 0 aliphatic carbocycles. The molecular formula is C17H11ClFIN2O2. The Morgan fingerprint density at radius 2 is 1.88 bits per heavy atom. The molecule has 0 aliphatic heterocycles. The molecule has 1 aromatic heterocycles. The summed E-state index contributed by atoms with van der Waals surface area (Å²) in [7, 11) is 0. The molecule has 3 rings (SSSR count). The Bertz CT molecular complexity index is 913. The number of halogens is 3. The van der Waals surface area contributed by atoms with Crippen LogP contribution in [0.1, 0.15) is 10.4 Å². The minimum absolute atomic E-state index is 0.168. The average molecular weight is 457 g/mol. The number of nitrogens with zero attached hydrogens (tertiary/aromatic N) is 1. The van der Waals surface area contributed by atoms with Crippen LogP contribution in [0.2, 0.25) is 5.02 Å². The topological polar surface area (TPSA) is 54.3 Å². The van der Waals surface area contributed by atoms with Crippen molar-refractivity contribution in [2.45, 2.75) is 0 Å². The second kappa shape index (κ2) is 6.82. The lowest BCUT2D eigenvalue weighted by molar-refractivity contribution is 0.0697. The molecule has 0 unspecified atom stereocenters. The smallest absolute Gasteiger partial charge is 0.337 e. The highest BCUT2D eigenvalue weighted by atomic mass is 127. The van der Waals surface area contributed by atoms with Crippen molar-refractivity contribution >= 4 is 51.5 Å². The molecule has 0 atom stereocenters. The largest absolute Gasteiger partial charge is 0.478 e. The van der Waals surface area contributed by atoms with Crippen LogP contribution >= 0.6 is 34.2 Å². The summed E-state index contributed by atoms with van der Waals surface area (Å²) < 4.78 is 16.8. The van der Waals surface area contributed by atoms with Crippen molar-refractivity contribution in [3.05, 3.63) is 74.8 Å². The summed E-state index contributed by atoms with van der Waals surface area (Å²) >= 11 is 8.32. The SMILES string of the molecule is O=C(O)c1cc(F)c(-n2cccc2)cc1Nc1ccc(I)cc1Cl. The number of benzene rings is 2. The number of hydrogen-bond acceptors (Lipinski definition) is 2. The molecule has 0 fully saturated rings. The van der Waals surface area contributed by atoms with Gasteiger partial charge >= 0.3 is 5.97 Å². The quantitative estimate of drug-likeness (QED) is 0.523. The van der Waals surface area contributed by atoms with Crippen LogP contribution in [0.4, 0.5) is 15.8 Å². The highest BCUT2D eigenvalue weighted by Crippen LogP contribution is 2.31. The molecule has 3 aromatic rings. The first-order valence-corrected chi connectivity index (χ1v) is 8.33. The van der Waals surface area contributed by atoms with Crippen LogP contribution in [-0.2, 0) is 0 Å². The van der Waals surface area contributed by atoms with E-state index in [4.69, 9.17) is 11.6 Å². The van der Waals surface area contributed by atoms with E-state index in [1.165, 1.54) is 6.07 Å². The van der Waals surface area contributed by atoms with E-state index in [0.717, 1.165) is 9.64 Å².